The molecule has 1 unspecified atom stereocenters. The van der Waals surface area contributed by atoms with E-state index < -0.39 is 5.54 Å². The summed E-state index contributed by atoms with van der Waals surface area (Å²) >= 11 is 0. The van der Waals surface area contributed by atoms with Crippen molar-refractivity contribution >= 4 is 5.91 Å². The number of piperidine rings is 1. The molecule has 1 aliphatic heterocycles. The zero-order valence-electron chi connectivity index (χ0n) is 11.2. The highest BCUT2D eigenvalue weighted by molar-refractivity contribution is 5.85. The maximum absolute atomic E-state index is 12.4. The lowest BCUT2D eigenvalue weighted by atomic mass is 9.95. The van der Waals surface area contributed by atoms with E-state index >= 15 is 0 Å². The van der Waals surface area contributed by atoms with Crippen molar-refractivity contribution in [2.24, 2.45) is 0 Å². The van der Waals surface area contributed by atoms with E-state index in [2.05, 4.69) is 17.1 Å². The van der Waals surface area contributed by atoms with Gasteiger partial charge in [0.1, 0.15) is 0 Å². The molecule has 1 amide bonds. The van der Waals surface area contributed by atoms with Gasteiger partial charge in [-0.1, -0.05) is 13.8 Å². The molecule has 0 bridgehead atoms. The fraction of sp³-hybridized carbons (Fsp3) is 0.923. The van der Waals surface area contributed by atoms with Gasteiger partial charge in [-0.3, -0.25) is 4.79 Å². The van der Waals surface area contributed by atoms with E-state index in [-0.39, 0.29) is 5.91 Å². The first-order valence-electron chi connectivity index (χ1n) is 6.59. The minimum Gasteiger partial charge on any atom is -0.338 e. The Morgan fingerprint density at radius 3 is 2.62 bits per heavy atom. The molecule has 1 heterocycles. The zero-order chi connectivity index (χ0) is 12.2. The lowest BCUT2D eigenvalue weighted by molar-refractivity contribution is -0.141. The van der Waals surface area contributed by atoms with Crippen molar-refractivity contribution in [3.63, 3.8) is 0 Å². The van der Waals surface area contributed by atoms with Crippen LogP contribution in [0.5, 0.6) is 0 Å². The smallest absolute Gasteiger partial charge is 0.242 e. The number of carbonyl (C=O) groups is 1. The summed E-state index contributed by atoms with van der Waals surface area (Å²) < 4.78 is 0. The van der Waals surface area contributed by atoms with Crippen LogP contribution in [0.25, 0.3) is 0 Å². The summed E-state index contributed by atoms with van der Waals surface area (Å²) in [5.41, 5.74) is -0.417. The van der Waals surface area contributed by atoms with Crippen LogP contribution in [0.3, 0.4) is 0 Å². The minimum absolute atomic E-state index is 0.265. The van der Waals surface area contributed by atoms with Crippen LogP contribution in [0.2, 0.25) is 0 Å². The molecule has 0 aromatic rings. The lowest BCUT2D eigenvalue weighted by Crippen LogP contribution is -2.57. The highest BCUT2D eigenvalue weighted by atomic mass is 16.2. The Morgan fingerprint density at radius 2 is 2.06 bits per heavy atom. The molecule has 1 N–H and O–H groups in total. The van der Waals surface area contributed by atoms with Crippen molar-refractivity contribution in [3.8, 4) is 0 Å². The molecule has 3 nitrogen and oxygen atoms in total. The predicted octanol–water partition coefficient (Wildman–Crippen LogP) is 2.17. The Bertz CT molecular complexity index is 238. The maximum atomic E-state index is 12.4. The van der Waals surface area contributed by atoms with Crippen molar-refractivity contribution < 1.29 is 4.79 Å². The molecule has 1 aliphatic rings. The third-order valence-electron chi connectivity index (χ3n) is 3.51. The Hall–Kier alpha value is -0.570. The zero-order valence-corrected chi connectivity index (χ0v) is 11.2. The third kappa shape index (κ3) is 2.97. The quantitative estimate of drug-likeness (QED) is 0.797. The molecule has 0 aliphatic carbocycles. The molecule has 0 radical (unpaired) electrons. The summed E-state index contributed by atoms with van der Waals surface area (Å²) in [6.07, 6.45) is 4.67. The van der Waals surface area contributed by atoms with E-state index in [0.717, 1.165) is 25.9 Å². The second-order valence-corrected chi connectivity index (χ2v) is 5.21. The average Bonchev–Trinajstić information content (AvgIpc) is 2.28. The maximum Gasteiger partial charge on any atom is 0.242 e. The molecular formula is C13H26N2O. The summed E-state index contributed by atoms with van der Waals surface area (Å²) in [5, 5.41) is 3.27. The summed E-state index contributed by atoms with van der Waals surface area (Å²) in [7, 11) is 0. The molecule has 0 saturated carbocycles. The number of rotatable bonds is 4. The van der Waals surface area contributed by atoms with Crippen LogP contribution in [0.4, 0.5) is 0 Å². The first kappa shape index (κ1) is 13.5. The Morgan fingerprint density at radius 1 is 1.38 bits per heavy atom. The van der Waals surface area contributed by atoms with Gasteiger partial charge in [-0.25, -0.2) is 0 Å². The van der Waals surface area contributed by atoms with Crippen LogP contribution in [0, 0.1) is 0 Å². The van der Waals surface area contributed by atoms with Crippen LogP contribution in [-0.2, 0) is 4.79 Å². The summed E-state index contributed by atoms with van der Waals surface area (Å²) in [6, 6.07) is 0.458. The Balaban J connectivity index is 2.70. The van der Waals surface area contributed by atoms with Gasteiger partial charge in [0.2, 0.25) is 5.91 Å². The Labute approximate surface area is 99.6 Å². The highest BCUT2D eigenvalue weighted by Crippen LogP contribution is 2.22. The topological polar surface area (TPSA) is 32.3 Å². The largest absolute Gasteiger partial charge is 0.338 e. The van der Waals surface area contributed by atoms with Crippen LogP contribution in [-0.4, -0.2) is 35.5 Å². The SMILES string of the molecule is CCNC(C)(C)C(=O)N1CCCCC1CC. The fourth-order valence-electron chi connectivity index (χ4n) is 2.57. The van der Waals surface area contributed by atoms with E-state index in [0.29, 0.717) is 6.04 Å². The molecule has 94 valence electrons. The van der Waals surface area contributed by atoms with Crippen LogP contribution < -0.4 is 5.32 Å². The standard InChI is InChI=1S/C13H26N2O/c1-5-11-9-7-8-10-15(11)12(16)13(3,4)14-6-2/h11,14H,5-10H2,1-4H3. The molecule has 0 aromatic carbocycles. The number of nitrogens with one attached hydrogen (secondary N) is 1. The van der Waals surface area contributed by atoms with E-state index in [1.807, 2.05) is 20.8 Å². The van der Waals surface area contributed by atoms with Crippen molar-refractivity contribution in [2.75, 3.05) is 13.1 Å². The molecule has 1 fully saturated rings. The average molecular weight is 226 g/mol. The highest BCUT2D eigenvalue weighted by Gasteiger charge is 2.35. The van der Waals surface area contributed by atoms with Crippen LogP contribution >= 0.6 is 0 Å². The normalized spacial score (nSPS) is 22.2. The number of carbonyl (C=O) groups excluding carboxylic acids is 1. The fourth-order valence-corrected chi connectivity index (χ4v) is 2.57. The second-order valence-electron chi connectivity index (χ2n) is 5.21. The van der Waals surface area contributed by atoms with Gasteiger partial charge in [0.15, 0.2) is 0 Å². The lowest BCUT2D eigenvalue weighted by Gasteiger charge is -2.40. The van der Waals surface area contributed by atoms with Crippen molar-refractivity contribution in [3.05, 3.63) is 0 Å². The first-order valence-corrected chi connectivity index (χ1v) is 6.59. The molecule has 1 atom stereocenters. The van der Waals surface area contributed by atoms with Crippen molar-refractivity contribution in [1.82, 2.24) is 10.2 Å². The summed E-state index contributed by atoms with van der Waals surface area (Å²) in [4.78, 5) is 14.5. The number of likely N-dealkylation sites (tertiary alicyclic amines) is 1. The molecule has 0 spiro atoms. The van der Waals surface area contributed by atoms with Gasteiger partial charge in [0.05, 0.1) is 5.54 Å². The van der Waals surface area contributed by atoms with Crippen LogP contribution in [0.15, 0.2) is 0 Å². The number of amides is 1. The summed E-state index contributed by atoms with van der Waals surface area (Å²) in [5.74, 6) is 0.265. The molecular weight excluding hydrogens is 200 g/mol. The van der Waals surface area contributed by atoms with E-state index in [1.54, 1.807) is 0 Å². The molecule has 3 heteroatoms. The summed E-state index contributed by atoms with van der Waals surface area (Å²) in [6.45, 7) is 9.97. The number of likely N-dealkylation sites (N-methyl/N-ethyl adjacent to an activating group) is 1. The minimum atomic E-state index is -0.417. The van der Waals surface area contributed by atoms with Crippen LogP contribution in [0.1, 0.15) is 53.4 Å². The molecule has 1 rings (SSSR count). The Kier molecular flexibility index (Phi) is 4.78. The van der Waals surface area contributed by atoms with Gasteiger partial charge in [-0.2, -0.15) is 0 Å². The number of hydrogen-bond acceptors (Lipinski definition) is 2. The van der Waals surface area contributed by atoms with E-state index in [1.165, 1.54) is 12.8 Å². The monoisotopic (exact) mass is 226 g/mol. The number of hydrogen-bond donors (Lipinski definition) is 1. The van der Waals surface area contributed by atoms with Gasteiger partial charge >= 0.3 is 0 Å². The van der Waals surface area contributed by atoms with Gasteiger partial charge in [-0.05, 0) is 46.1 Å². The second kappa shape index (κ2) is 5.67. The predicted molar refractivity (Wildman–Crippen MR) is 67.4 cm³/mol. The van der Waals surface area contributed by atoms with Gasteiger partial charge in [-0.15, -0.1) is 0 Å². The van der Waals surface area contributed by atoms with Gasteiger partial charge in [0, 0.05) is 12.6 Å². The third-order valence-corrected chi connectivity index (χ3v) is 3.51. The van der Waals surface area contributed by atoms with Crippen molar-refractivity contribution in [1.29, 1.82) is 0 Å². The van der Waals surface area contributed by atoms with Gasteiger partial charge < -0.3 is 10.2 Å². The van der Waals surface area contributed by atoms with E-state index in [9.17, 15) is 4.79 Å². The first-order chi connectivity index (χ1) is 7.53. The number of nitrogens with zero attached hydrogens (tertiary/aromatic N) is 1. The van der Waals surface area contributed by atoms with Crippen molar-refractivity contribution in [2.45, 2.75) is 65.0 Å². The molecule has 16 heavy (non-hydrogen) atoms. The molecule has 0 aromatic heterocycles. The molecule has 1 saturated heterocycles. The van der Waals surface area contributed by atoms with E-state index in [4.69, 9.17) is 0 Å². The van der Waals surface area contributed by atoms with Gasteiger partial charge in [0.25, 0.3) is 0 Å².